The molecule has 1 saturated heterocycles. The fourth-order valence-corrected chi connectivity index (χ4v) is 4.89. The maximum atomic E-state index is 12.9. The number of piperazine rings is 1. The SMILES string of the molecule is O=C(N/N=C/c1ccc(OCC(=O)N2CCN(c3ccc(C(F)(F)F)cc3)CC2)c2ccccc12)c1ccc(O)c(Cl)c1. The lowest BCUT2D eigenvalue weighted by molar-refractivity contribution is -0.137. The van der Waals surface area contributed by atoms with Crippen LogP contribution in [-0.4, -0.2) is 60.8 Å². The Morgan fingerprint density at radius 3 is 2.33 bits per heavy atom. The molecule has 0 unspecified atom stereocenters. The number of phenolic OH excluding ortho intramolecular Hbond substituents is 1. The zero-order chi connectivity index (χ0) is 30.6. The summed E-state index contributed by atoms with van der Waals surface area (Å²) in [5, 5.41) is 15.2. The minimum Gasteiger partial charge on any atom is -0.506 e. The van der Waals surface area contributed by atoms with Gasteiger partial charge in [0.15, 0.2) is 6.61 Å². The molecule has 1 aliphatic heterocycles. The summed E-state index contributed by atoms with van der Waals surface area (Å²) in [4.78, 5) is 28.9. The Hall–Kier alpha value is -4.77. The van der Waals surface area contributed by atoms with Crippen molar-refractivity contribution in [3.8, 4) is 11.5 Å². The van der Waals surface area contributed by atoms with E-state index < -0.39 is 17.6 Å². The fourth-order valence-electron chi connectivity index (χ4n) is 4.71. The smallest absolute Gasteiger partial charge is 0.416 e. The first-order chi connectivity index (χ1) is 20.6. The molecule has 5 rings (SSSR count). The molecule has 0 saturated carbocycles. The van der Waals surface area contributed by atoms with Crippen LogP contribution >= 0.6 is 11.6 Å². The molecule has 0 radical (unpaired) electrons. The number of hydrogen-bond donors (Lipinski definition) is 2. The molecule has 0 aliphatic carbocycles. The van der Waals surface area contributed by atoms with Gasteiger partial charge in [0, 0.05) is 48.4 Å². The molecule has 43 heavy (non-hydrogen) atoms. The van der Waals surface area contributed by atoms with Gasteiger partial charge in [-0.25, -0.2) is 5.43 Å². The Morgan fingerprint density at radius 1 is 0.953 bits per heavy atom. The summed E-state index contributed by atoms with van der Waals surface area (Å²) < 4.78 is 44.5. The molecule has 222 valence electrons. The number of halogens is 4. The van der Waals surface area contributed by atoms with Crippen molar-refractivity contribution in [3.63, 3.8) is 0 Å². The number of benzene rings is 4. The van der Waals surface area contributed by atoms with Crippen molar-refractivity contribution in [2.24, 2.45) is 5.10 Å². The van der Waals surface area contributed by atoms with E-state index in [0.717, 1.165) is 22.9 Å². The zero-order valence-corrected chi connectivity index (χ0v) is 23.4. The molecule has 0 atom stereocenters. The Labute approximate surface area is 249 Å². The maximum absolute atomic E-state index is 12.9. The maximum Gasteiger partial charge on any atom is 0.416 e. The lowest BCUT2D eigenvalue weighted by atomic mass is 10.0. The van der Waals surface area contributed by atoms with Gasteiger partial charge >= 0.3 is 6.18 Å². The normalized spacial score (nSPS) is 13.9. The van der Waals surface area contributed by atoms with Gasteiger partial charge in [-0.1, -0.05) is 35.9 Å². The van der Waals surface area contributed by atoms with E-state index >= 15 is 0 Å². The Kier molecular flexibility index (Phi) is 8.72. The van der Waals surface area contributed by atoms with Crippen LogP contribution in [-0.2, 0) is 11.0 Å². The molecule has 4 aromatic rings. The van der Waals surface area contributed by atoms with Crippen molar-refractivity contribution in [3.05, 3.63) is 101 Å². The van der Waals surface area contributed by atoms with E-state index in [0.29, 0.717) is 43.2 Å². The monoisotopic (exact) mass is 610 g/mol. The molecular weight excluding hydrogens is 585 g/mol. The largest absolute Gasteiger partial charge is 0.506 e. The number of nitrogens with zero attached hydrogens (tertiary/aromatic N) is 3. The summed E-state index contributed by atoms with van der Waals surface area (Å²) in [7, 11) is 0. The molecule has 8 nitrogen and oxygen atoms in total. The van der Waals surface area contributed by atoms with Crippen LogP contribution in [0.3, 0.4) is 0 Å². The number of aromatic hydroxyl groups is 1. The van der Waals surface area contributed by atoms with Crippen LogP contribution in [0.5, 0.6) is 11.5 Å². The van der Waals surface area contributed by atoms with E-state index in [1.54, 1.807) is 17.0 Å². The second-order valence-corrected chi connectivity index (χ2v) is 10.2. The highest BCUT2D eigenvalue weighted by atomic mass is 35.5. The van der Waals surface area contributed by atoms with E-state index in [2.05, 4.69) is 10.5 Å². The number of ether oxygens (including phenoxy) is 1. The Morgan fingerprint density at radius 2 is 1.65 bits per heavy atom. The van der Waals surface area contributed by atoms with Crippen molar-refractivity contribution in [2.75, 3.05) is 37.7 Å². The lowest BCUT2D eigenvalue weighted by Crippen LogP contribution is -2.50. The number of phenols is 1. The minimum atomic E-state index is -4.38. The summed E-state index contributed by atoms with van der Waals surface area (Å²) in [6, 6.07) is 20.0. The zero-order valence-electron chi connectivity index (χ0n) is 22.6. The molecular formula is C31H26ClF3N4O4. The number of carbonyl (C=O) groups excluding carboxylic acids is 2. The predicted octanol–water partition coefficient (Wildman–Crippen LogP) is 5.71. The van der Waals surface area contributed by atoms with Crippen LogP contribution in [0.4, 0.5) is 18.9 Å². The number of carbonyl (C=O) groups is 2. The van der Waals surface area contributed by atoms with Crippen molar-refractivity contribution < 1.29 is 32.6 Å². The fraction of sp³-hybridized carbons (Fsp3) is 0.194. The van der Waals surface area contributed by atoms with Gasteiger partial charge in [-0.05, 0) is 60.0 Å². The number of fused-ring (bicyclic) bond motifs is 1. The number of nitrogens with one attached hydrogen (secondary N) is 1. The predicted molar refractivity (Wildman–Crippen MR) is 158 cm³/mol. The van der Waals surface area contributed by atoms with Crippen LogP contribution in [0, 0.1) is 0 Å². The first-order valence-electron chi connectivity index (χ1n) is 13.3. The summed E-state index contributed by atoms with van der Waals surface area (Å²) >= 11 is 5.87. The highest BCUT2D eigenvalue weighted by Crippen LogP contribution is 2.31. The van der Waals surface area contributed by atoms with E-state index in [-0.39, 0.29) is 28.8 Å². The summed E-state index contributed by atoms with van der Waals surface area (Å²) in [6.07, 6.45) is -2.89. The molecule has 12 heteroatoms. The van der Waals surface area contributed by atoms with Crippen molar-refractivity contribution in [1.82, 2.24) is 10.3 Å². The van der Waals surface area contributed by atoms with E-state index in [1.165, 1.54) is 36.5 Å². The number of hydrogen-bond acceptors (Lipinski definition) is 6. The number of anilines is 1. The molecule has 0 aromatic heterocycles. The molecule has 1 fully saturated rings. The van der Waals surface area contributed by atoms with Crippen molar-refractivity contribution >= 4 is 46.1 Å². The topological polar surface area (TPSA) is 94.5 Å². The second-order valence-electron chi connectivity index (χ2n) is 9.76. The van der Waals surface area contributed by atoms with Gasteiger partial charge in [0.2, 0.25) is 0 Å². The summed E-state index contributed by atoms with van der Waals surface area (Å²) in [6.45, 7) is 1.64. The third-order valence-electron chi connectivity index (χ3n) is 7.04. The van der Waals surface area contributed by atoms with E-state index in [9.17, 15) is 27.9 Å². The highest BCUT2D eigenvalue weighted by molar-refractivity contribution is 6.32. The highest BCUT2D eigenvalue weighted by Gasteiger charge is 2.30. The number of rotatable bonds is 7. The summed E-state index contributed by atoms with van der Waals surface area (Å²) in [5.74, 6) is -0.316. The number of hydrazone groups is 1. The van der Waals surface area contributed by atoms with E-state index in [1.807, 2.05) is 29.2 Å². The van der Waals surface area contributed by atoms with Crippen LogP contribution in [0.2, 0.25) is 5.02 Å². The molecule has 4 aromatic carbocycles. The first kappa shape index (κ1) is 29.7. The Balaban J connectivity index is 1.18. The third kappa shape index (κ3) is 7.00. The van der Waals surface area contributed by atoms with E-state index in [4.69, 9.17) is 16.3 Å². The first-order valence-corrected chi connectivity index (χ1v) is 13.6. The number of amides is 2. The van der Waals surface area contributed by atoms with Gasteiger partial charge in [0.25, 0.3) is 11.8 Å². The molecule has 1 aliphatic rings. The van der Waals surface area contributed by atoms with Crippen LogP contribution in [0.1, 0.15) is 21.5 Å². The van der Waals surface area contributed by atoms with Gasteiger partial charge in [-0.2, -0.15) is 18.3 Å². The van der Waals surface area contributed by atoms with Gasteiger partial charge in [0.1, 0.15) is 11.5 Å². The van der Waals surface area contributed by atoms with Gasteiger partial charge in [0.05, 0.1) is 16.8 Å². The van der Waals surface area contributed by atoms with Gasteiger partial charge in [-0.15, -0.1) is 0 Å². The Bertz CT molecular complexity index is 1670. The lowest BCUT2D eigenvalue weighted by Gasteiger charge is -2.36. The molecule has 1 heterocycles. The molecule has 2 amide bonds. The average Bonchev–Trinajstić information content (AvgIpc) is 3.01. The quantitative estimate of drug-likeness (QED) is 0.207. The van der Waals surface area contributed by atoms with Crippen LogP contribution < -0.4 is 15.1 Å². The molecule has 2 N–H and O–H groups in total. The van der Waals surface area contributed by atoms with Gasteiger partial charge < -0.3 is 19.6 Å². The second kappa shape index (κ2) is 12.6. The molecule has 0 bridgehead atoms. The summed E-state index contributed by atoms with van der Waals surface area (Å²) in [5.41, 5.74) is 3.35. The third-order valence-corrected chi connectivity index (χ3v) is 7.34. The van der Waals surface area contributed by atoms with Crippen molar-refractivity contribution in [1.29, 1.82) is 0 Å². The minimum absolute atomic E-state index is 0.0529. The standard InChI is InChI=1S/C31H26ClF3N4O4/c32-26-17-20(5-11-27(26)40)30(42)37-36-18-21-6-12-28(25-4-2-1-3-24(21)25)43-19-29(41)39-15-13-38(14-16-39)23-9-7-22(8-10-23)31(33,34)35/h1-12,17-18,40H,13-16,19H2,(H,37,42)/b36-18+. The average molecular weight is 611 g/mol. The van der Waals surface area contributed by atoms with Crippen LogP contribution in [0.25, 0.3) is 10.8 Å². The van der Waals surface area contributed by atoms with Gasteiger partial charge in [-0.3, -0.25) is 9.59 Å². The van der Waals surface area contributed by atoms with Crippen molar-refractivity contribution in [2.45, 2.75) is 6.18 Å². The van der Waals surface area contributed by atoms with Crippen LogP contribution in [0.15, 0.2) is 84.0 Å². The number of alkyl halides is 3. The molecule has 0 spiro atoms.